The van der Waals surface area contributed by atoms with Gasteiger partial charge in [0.05, 0.1) is 30.5 Å². The lowest BCUT2D eigenvalue weighted by Crippen LogP contribution is -2.11. The molecule has 37 heavy (non-hydrogen) atoms. The lowest BCUT2D eigenvalue weighted by Gasteiger charge is -2.12. The van der Waals surface area contributed by atoms with Crippen molar-refractivity contribution in [1.29, 1.82) is 0 Å². The van der Waals surface area contributed by atoms with E-state index in [9.17, 15) is 14.9 Å². The van der Waals surface area contributed by atoms with Gasteiger partial charge in [-0.05, 0) is 42.8 Å². The van der Waals surface area contributed by atoms with Crippen molar-refractivity contribution in [2.75, 3.05) is 19.1 Å². The van der Waals surface area contributed by atoms with Crippen LogP contribution in [0, 0.1) is 10.1 Å². The molecule has 0 spiro atoms. The predicted octanol–water partition coefficient (Wildman–Crippen LogP) is 5.79. The van der Waals surface area contributed by atoms with E-state index < -0.39 is 10.9 Å². The first-order valence-electron chi connectivity index (χ1n) is 11.1. The molecular formula is C26H22N4O6S. The minimum atomic E-state index is -0.565. The van der Waals surface area contributed by atoms with Gasteiger partial charge < -0.3 is 14.2 Å². The molecule has 1 N–H and O–H groups in total. The molecule has 0 unspecified atom stereocenters. The van der Waals surface area contributed by atoms with Gasteiger partial charge in [-0.3, -0.25) is 15.5 Å². The Labute approximate surface area is 216 Å². The highest BCUT2D eigenvalue weighted by Crippen LogP contribution is 2.30. The highest BCUT2D eigenvalue weighted by Gasteiger charge is 2.17. The van der Waals surface area contributed by atoms with Crippen LogP contribution >= 0.6 is 11.3 Å². The molecule has 0 fully saturated rings. The van der Waals surface area contributed by atoms with Crippen molar-refractivity contribution in [3.8, 4) is 28.5 Å². The summed E-state index contributed by atoms with van der Waals surface area (Å²) in [5, 5.41) is 17.5. The van der Waals surface area contributed by atoms with Crippen LogP contribution < -0.4 is 19.6 Å². The van der Waals surface area contributed by atoms with E-state index >= 15 is 0 Å². The molecule has 10 nitrogen and oxygen atoms in total. The third kappa shape index (κ3) is 6.27. The molecule has 188 valence electrons. The number of anilines is 1. The minimum absolute atomic E-state index is 0.000152. The van der Waals surface area contributed by atoms with Crippen LogP contribution in [-0.2, 0) is 0 Å². The van der Waals surface area contributed by atoms with Gasteiger partial charge in [0, 0.05) is 23.1 Å². The van der Waals surface area contributed by atoms with Gasteiger partial charge >= 0.3 is 5.97 Å². The summed E-state index contributed by atoms with van der Waals surface area (Å²) in [7, 11) is 1.49. The molecule has 11 heteroatoms. The van der Waals surface area contributed by atoms with Crippen molar-refractivity contribution in [3.05, 3.63) is 93.4 Å². The van der Waals surface area contributed by atoms with Crippen molar-refractivity contribution in [1.82, 2.24) is 4.98 Å². The van der Waals surface area contributed by atoms with E-state index in [1.54, 1.807) is 66.2 Å². The van der Waals surface area contributed by atoms with Crippen molar-refractivity contribution in [2.45, 2.75) is 6.92 Å². The van der Waals surface area contributed by atoms with E-state index in [0.29, 0.717) is 45.6 Å². The highest BCUT2D eigenvalue weighted by molar-refractivity contribution is 7.14. The number of hydrogen-bond acceptors (Lipinski definition) is 10. The SMILES string of the molecule is CCOc1cc(/C=N/Nc2nc(-c3cccc([N+](=O)[O-])c3)cs2)ccc1OC(=O)c1ccccc1OC. The quantitative estimate of drug-likeness (QED) is 0.0919. The van der Waals surface area contributed by atoms with Gasteiger partial charge in [-0.25, -0.2) is 9.78 Å². The molecule has 0 atom stereocenters. The summed E-state index contributed by atoms with van der Waals surface area (Å²) in [6.07, 6.45) is 1.57. The third-order valence-electron chi connectivity index (χ3n) is 5.03. The number of nitrogens with one attached hydrogen (secondary N) is 1. The lowest BCUT2D eigenvalue weighted by molar-refractivity contribution is -0.384. The maximum atomic E-state index is 12.7. The van der Waals surface area contributed by atoms with E-state index in [4.69, 9.17) is 14.2 Å². The molecule has 0 saturated heterocycles. The number of carbonyl (C=O) groups is 1. The molecule has 4 rings (SSSR count). The fourth-order valence-electron chi connectivity index (χ4n) is 3.32. The molecule has 3 aromatic carbocycles. The predicted molar refractivity (Wildman–Crippen MR) is 141 cm³/mol. The molecule has 0 aliphatic heterocycles. The first kappa shape index (κ1) is 25.3. The zero-order chi connectivity index (χ0) is 26.2. The molecule has 0 amide bonds. The second kappa shape index (κ2) is 11.8. The van der Waals surface area contributed by atoms with Gasteiger partial charge in [-0.2, -0.15) is 5.10 Å². The van der Waals surface area contributed by atoms with Gasteiger partial charge in [0.25, 0.3) is 5.69 Å². The topological polar surface area (TPSA) is 125 Å². The Bertz CT molecular complexity index is 1450. The number of aromatic nitrogens is 1. The number of hydrazone groups is 1. The van der Waals surface area contributed by atoms with Crippen LogP contribution in [0.1, 0.15) is 22.8 Å². The Hall–Kier alpha value is -4.77. The molecular weight excluding hydrogens is 496 g/mol. The number of methoxy groups -OCH3 is 1. The minimum Gasteiger partial charge on any atom is -0.496 e. The van der Waals surface area contributed by atoms with Crippen molar-refractivity contribution < 1.29 is 23.9 Å². The van der Waals surface area contributed by atoms with E-state index in [1.807, 2.05) is 6.92 Å². The number of rotatable bonds is 10. The number of ether oxygens (including phenoxy) is 3. The number of hydrogen-bond donors (Lipinski definition) is 1. The Morgan fingerprint density at radius 1 is 1.11 bits per heavy atom. The summed E-state index contributed by atoms with van der Waals surface area (Å²) in [6, 6.07) is 18.1. The van der Waals surface area contributed by atoms with Crippen LogP contribution in [0.4, 0.5) is 10.8 Å². The maximum Gasteiger partial charge on any atom is 0.347 e. The molecule has 4 aromatic rings. The Balaban J connectivity index is 1.45. The number of non-ortho nitro benzene ring substituents is 1. The van der Waals surface area contributed by atoms with Crippen LogP contribution in [0.5, 0.6) is 17.2 Å². The number of nitro benzene ring substituents is 1. The molecule has 0 aliphatic rings. The summed E-state index contributed by atoms with van der Waals surface area (Å²) in [5.41, 5.74) is 5.10. The third-order valence-corrected chi connectivity index (χ3v) is 5.77. The van der Waals surface area contributed by atoms with Gasteiger partial charge in [-0.15, -0.1) is 11.3 Å². The second-order valence-corrected chi connectivity index (χ2v) is 8.30. The highest BCUT2D eigenvalue weighted by atomic mass is 32.1. The average Bonchev–Trinajstić information content (AvgIpc) is 3.39. The summed E-state index contributed by atoms with van der Waals surface area (Å²) in [4.78, 5) is 27.7. The number of benzene rings is 3. The molecule has 0 aliphatic carbocycles. The van der Waals surface area contributed by atoms with E-state index in [-0.39, 0.29) is 11.4 Å². The molecule has 1 heterocycles. The zero-order valence-electron chi connectivity index (χ0n) is 19.9. The van der Waals surface area contributed by atoms with Gasteiger partial charge in [0.15, 0.2) is 11.5 Å². The Morgan fingerprint density at radius 3 is 2.73 bits per heavy atom. The fourth-order valence-corrected chi connectivity index (χ4v) is 3.99. The van der Waals surface area contributed by atoms with Crippen LogP contribution in [0.15, 0.2) is 77.2 Å². The smallest absolute Gasteiger partial charge is 0.347 e. The average molecular weight is 519 g/mol. The molecule has 1 aromatic heterocycles. The number of thiazole rings is 1. The normalized spacial score (nSPS) is 10.8. The number of esters is 1. The molecule has 0 saturated carbocycles. The Kier molecular flexibility index (Phi) is 8.06. The lowest BCUT2D eigenvalue weighted by atomic mass is 10.1. The van der Waals surface area contributed by atoms with Crippen LogP contribution in [0.3, 0.4) is 0 Å². The molecule has 0 radical (unpaired) electrons. The number of nitrogens with zero attached hydrogens (tertiary/aromatic N) is 3. The van der Waals surface area contributed by atoms with E-state index in [2.05, 4.69) is 15.5 Å². The number of carbonyl (C=O) groups excluding carboxylic acids is 1. The van der Waals surface area contributed by atoms with E-state index in [0.717, 1.165) is 0 Å². The van der Waals surface area contributed by atoms with Crippen LogP contribution in [-0.4, -0.2) is 35.8 Å². The number of nitro groups is 1. The largest absolute Gasteiger partial charge is 0.496 e. The Morgan fingerprint density at radius 2 is 1.95 bits per heavy atom. The summed E-state index contributed by atoms with van der Waals surface area (Å²) < 4.78 is 16.5. The van der Waals surface area contributed by atoms with E-state index in [1.165, 1.54) is 30.6 Å². The van der Waals surface area contributed by atoms with Crippen molar-refractivity contribution in [3.63, 3.8) is 0 Å². The van der Waals surface area contributed by atoms with Crippen LogP contribution in [0.25, 0.3) is 11.3 Å². The summed E-state index contributed by atoms with van der Waals surface area (Å²) >= 11 is 1.32. The summed E-state index contributed by atoms with van der Waals surface area (Å²) in [6.45, 7) is 2.20. The second-order valence-electron chi connectivity index (χ2n) is 7.44. The molecule has 0 bridgehead atoms. The van der Waals surface area contributed by atoms with Crippen molar-refractivity contribution >= 4 is 34.3 Å². The summed E-state index contributed by atoms with van der Waals surface area (Å²) in [5.74, 6) is 0.502. The number of para-hydroxylation sites is 1. The van der Waals surface area contributed by atoms with Crippen molar-refractivity contribution in [2.24, 2.45) is 5.10 Å². The fraction of sp³-hybridized carbons (Fsp3) is 0.115. The van der Waals surface area contributed by atoms with Crippen LogP contribution in [0.2, 0.25) is 0 Å². The van der Waals surface area contributed by atoms with Gasteiger partial charge in [0.2, 0.25) is 5.13 Å². The van der Waals surface area contributed by atoms with Gasteiger partial charge in [-0.1, -0.05) is 24.3 Å². The standard InChI is InChI=1S/C26H22N4O6S/c1-3-35-24-13-17(11-12-23(24)36-25(31)20-9-4-5-10-22(20)34-2)15-27-29-26-28-21(16-37-26)18-7-6-8-19(14-18)30(32)33/h4-16H,3H2,1-2H3,(H,28,29)/b27-15+. The first-order valence-corrected chi connectivity index (χ1v) is 12.0. The monoisotopic (exact) mass is 518 g/mol. The maximum absolute atomic E-state index is 12.7. The zero-order valence-corrected chi connectivity index (χ0v) is 20.7. The van der Waals surface area contributed by atoms with Gasteiger partial charge in [0.1, 0.15) is 11.3 Å². The first-order chi connectivity index (χ1) is 18.0.